The molecule has 0 bridgehead atoms. The van der Waals surface area contributed by atoms with Crippen molar-refractivity contribution >= 4 is 5.97 Å². The second-order valence-corrected chi connectivity index (χ2v) is 6.00. The number of carbonyl (C=O) groups excluding carboxylic acids is 1. The van der Waals surface area contributed by atoms with Crippen LogP contribution < -0.4 is 0 Å². The molecule has 0 spiro atoms. The summed E-state index contributed by atoms with van der Waals surface area (Å²) in [5.74, 6) is 5.98. The minimum absolute atomic E-state index is 0.218. The highest BCUT2D eigenvalue weighted by atomic mass is 16.5. The van der Waals surface area contributed by atoms with E-state index in [4.69, 9.17) is 4.74 Å². The Labute approximate surface area is 147 Å². The van der Waals surface area contributed by atoms with E-state index >= 15 is 0 Å². The van der Waals surface area contributed by atoms with Gasteiger partial charge in [0.15, 0.2) is 0 Å². The van der Waals surface area contributed by atoms with Gasteiger partial charge in [0.2, 0.25) is 0 Å². The minimum atomic E-state index is -0.241. The molecule has 0 aliphatic heterocycles. The lowest BCUT2D eigenvalue weighted by Gasteiger charge is -2.08. The second-order valence-electron chi connectivity index (χ2n) is 6.00. The summed E-state index contributed by atoms with van der Waals surface area (Å²) in [5, 5.41) is 0. The van der Waals surface area contributed by atoms with Crippen LogP contribution in [0.4, 0.5) is 0 Å². The highest BCUT2D eigenvalue weighted by Gasteiger charge is 2.15. The van der Waals surface area contributed by atoms with Crippen LogP contribution in [-0.2, 0) is 9.53 Å². The van der Waals surface area contributed by atoms with E-state index in [1.165, 1.54) is 31.9 Å². The smallest absolute Gasteiger partial charge is 0.317 e. The third-order valence-electron chi connectivity index (χ3n) is 3.89. The van der Waals surface area contributed by atoms with Crippen molar-refractivity contribution in [3.05, 3.63) is 48.2 Å². The summed E-state index contributed by atoms with van der Waals surface area (Å²) in [5.41, 5.74) is 0.977. The zero-order valence-electron chi connectivity index (χ0n) is 15.1. The van der Waals surface area contributed by atoms with Crippen LogP contribution in [0, 0.1) is 11.8 Å². The van der Waals surface area contributed by atoms with Gasteiger partial charge in [0, 0.05) is 12.8 Å². The molecule has 1 atom stereocenters. The molecule has 0 fully saturated rings. The summed E-state index contributed by atoms with van der Waals surface area (Å²) >= 11 is 0. The zero-order valence-corrected chi connectivity index (χ0v) is 15.1. The van der Waals surface area contributed by atoms with E-state index in [2.05, 4.69) is 18.8 Å². The van der Waals surface area contributed by atoms with Crippen LogP contribution in [0.15, 0.2) is 42.7 Å². The van der Waals surface area contributed by atoms with Crippen LogP contribution in [-0.4, -0.2) is 5.97 Å². The van der Waals surface area contributed by atoms with Gasteiger partial charge in [-0.3, -0.25) is 4.79 Å². The third-order valence-corrected chi connectivity index (χ3v) is 3.89. The molecule has 0 saturated carbocycles. The highest BCUT2D eigenvalue weighted by Crippen LogP contribution is 2.16. The molecule has 1 rings (SSSR count). The number of hydrogen-bond acceptors (Lipinski definition) is 2. The molecule has 24 heavy (non-hydrogen) atoms. The summed E-state index contributed by atoms with van der Waals surface area (Å²) < 4.78 is 5.19. The van der Waals surface area contributed by atoms with Crippen molar-refractivity contribution in [3.8, 4) is 11.8 Å². The molecular weight excluding hydrogens is 296 g/mol. The lowest BCUT2D eigenvalue weighted by molar-refractivity contribution is -0.139. The molecular formula is C22H30O2. The second kappa shape index (κ2) is 13.4. The SMILES string of the molecule is CCCCCCC#CCCC/C=C\OC(=O)[C@@H](C)c1ccccc1. The Hall–Kier alpha value is -2.01. The van der Waals surface area contributed by atoms with E-state index in [0.29, 0.717) is 0 Å². The Kier molecular flexibility index (Phi) is 11.2. The first-order valence-electron chi connectivity index (χ1n) is 9.12. The maximum atomic E-state index is 11.9. The molecule has 0 unspecified atom stereocenters. The van der Waals surface area contributed by atoms with E-state index in [9.17, 15) is 4.79 Å². The van der Waals surface area contributed by atoms with Gasteiger partial charge in [-0.1, -0.05) is 56.5 Å². The Morgan fingerprint density at radius 2 is 1.79 bits per heavy atom. The van der Waals surface area contributed by atoms with Crippen molar-refractivity contribution in [1.29, 1.82) is 0 Å². The van der Waals surface area contributed by atoms with Crippen LogP contribution in [0.5, 0.6) is 0 Å². The van der Waals surface area contributed by atoms with Gasteiger partial charge in [0.1, 0.15) is 0 Å². The normalized spacial score (nSPS) is 11.8. The first kappa shape index (κ1) is 20.0. The first-order chi connectivity index (χ1) is 11.8. The number of carbonyl (C=O) groups is 1. The van der Waals surface area contributed by atoms with Gasteiger partial charge in [-0.05, 0) is 37.8 Å². The predicted molar refractivity (Wildman–Crippen MR) is 100 cm³/mol. The van der Waals surface area contributed by atoms with Crippen molar-refractivity contribution in [1.82, 2.24) is 0 Å². The summed E-state index contributed by atoms with van der Waals surface area (Å²) in [6.07, 6.45) is 12.3. The molecule has 2 heteroatoms. The van der Waals surface area contributed by atoms with Crippen LogP contribution >= 0.6 is 0 Å². The average molecular weight is 326 g/mol. The minimum Gasteiger partial charge on any atom is -0.434 e. The van der Waals surface area contributed by atoms with Crippen molar-refractivity contribution in [2.24, 2.45) is 0 Å². The van der Waals surface area contributed by atoms with Gasteiger partial charge < -0.3 is 4.74 Å². The van der Waals surface area contributed by atoms with E-state index in [-0.39, 0.29) is 11.9 Å². The highest BCUT2D eigenvalue weighted by molar-refractivity contribution is 5.78. The van der Waals surface area contributed by atoms with Crippen molar-refractivity contribution in [2.75, 3.05) is 0 Å². The molecule has 1 aromatic carbocycles. The zero-order chi connectivity index (χ0) is 17.5. The molecule has 0 aliphatic rings. The third kappa shape index (κ3) is 9.20. The fourth-order valence-electron chi connectivity index (χ4n) is 2.29. The van der Waals surface area contributed by atoms with Crippen LogP contribution in [0.2, 0.25) is 0 Å². The van der Waals surface area contributed by atoms with Gasteiger partial charge in [0.25, 0.3) is 0 Å². The van der Waals surface area contributed by atoms with Gasteiger partial charge in [-0.25, -0.2) is 0 Å². The van der Waals surface area contributed by atoms with E-state index < -0.39 is 0 Å². The number of rotatable bonds is 10. The fourth-order valence-corrected chi connectivity index (χ4v) is 2.29. The fraction of sp³-hybridized carbons (Fsp3) is 0.500. The number of ether oxygens (including phenoxy) is 1. The molecule has 0 aliphatic carbocycles. The van der Waals surface area contributed by atoms with Crippen molar-refractivity contribution < 1.29 is 9.53 Å². The standard InChI is InChI=1S/C22H30O2/c1-3-4-5-6-7-8-9-10-11-12-16-19-24-22(23)20(2)21-17-14-13-15-18-21/h13-20H,3-7,10-12H2,1-2H3/b19-16-/t20-/m0/s1. The monoisotopic (exact) mass is 326 g/mol. The molecule has 0 amide bonds. The maximum absolute atomic E-state index is 11.9. The topological polar surface area (TPSA) is 26.3 Å². The largest absolute Gasteiger partial charge is 0.434 e. The van der Waals surface area contributed by atoms with E-state index in [1.807, 2.05) is 43.3 Å². The number of unbranched alkanes of at least 4 members (excludes halogenated alkanes) is 6. The Balaban J connectivity index is 2.09. The van der Waals surface area contributed by atoms with E-state index in [1.54, 1.807) is 0 Å². The lowest BCUT2D eigenvalue weighted by Crippen LogP contribution is -2.10. The molecule has 0 N–H and O–H groups in total. The van der Waals surface area contributed by atoms with Crippen LogP contribution in [0.3, 0.4) is 0 Å². The summed E-state index contributed by atoms with van der Waals surface area (Å²) in [7, 11) is 0. The molecule has 1 aromatic rings. The van der Waals surface area contributed by atoms with E-state index in [0.717, 1.165) is 31.2 Å². The molecule has 2 nitrogen and oxygen atoms in total. The molecule has 0 aromatic heterocycles. The van der Waals surface area contributed by atoms with Crippen molar-refractivity contribution in [2.45, 2.75) is 71.1 Å². The average Bonchev–Trinajstić information content (AvgIpc) is 2.62. The Morgan fingerprint density at radius 3 is 2.50 bits per heavy atom. The predicted octanol–water partition coefficient (Wildman–Crippen LogP) is 5.99. The van der Waals surface area contributed by atoms with Crippen molar-refractivity contribution in [3.63, 3.8) is 0 Å². The molecule has 0 radical (unpaired) electrons. The van der Waals surface area contributed by atoms with Crippen LogP contribution in [0.1, 0.15) is 76.7 Å². The van der Waals surface area contributed by atoms with Gasteiger partial charge in [0.05, 0.1) is 12.2 Å². The maximum Gasteiger partial charge on any atom is 0.317 e. The molecule has 130 valence electrons. The Bertz CT molecular complexity index is 534. The van der Waals surface area contributed by atoms with Gasteiger partial charge >= 0.3 is 5.97 Å². The number of allylic oxidation sites excluding steroid dienone is 1. The summed E-state index contributed by atoms with van der Waals surface area (Å²) in [6, 6.07) is 9.68. The molecule has 0 heterocycles. The summed E-state index contributed by atoms with van der Waals surface area (Å²) in [4.78, 5) is 11.9. The first-order valence-corrected chi connectivity index (χ1v) is 9.12. The summed E-state index contributed by atoms with van der Waals surface area (Å²) in [6.45, 7) is 4.08. The van der Waals surface area contributed by atoms with Gasteiger partial charge in [-0.2, -0.15) is 0 Å². The lowest BCUT2D eigenvalue weighted by atomic mass is 10.0. The molecule has 0 saturated heterocycles. The van der Waals surface area contributed by atoms with Gasteiger partial charge in [-0.15, -0.1) is 11.8 Å². The number of hydrogen-bond donors (Lipinski definition) is 0. The number of esters is 1. The van der Waals surface area contributed by atoms with Crippen LogP contribution in [0.25, 0.3) is 0 Å². The number of benzene rings is 1. The quantitative estimate of drug-likeness (QED) is 0.228. The Morgan fingerprint density at radius 1 is 1.08 bits per heavy atom.